The highest BCUT2D eigenvalue weighted by atomic mass is 32.2. The lowest BCUT2D eigenvalue weighted by Gasteiger charge is -2.21. The minimum absolute atomic E-state index is 0.118. The molecule has 0 rings (SSSR count). The van der Waals surface area contributed by atoms with Crippen molar-refractivity contribution >= 4 is 25.3 Å². The van der Waals surface area contributed by atoms with Crippen molar-refractivity contribution in [3.05, 3.63) is 0 Å². The molecule has 126 valence electrons. The zero-order valence-corrected chi connectivity index (χ0v) is 15.4. The molecule has 0 spiro atoms. The number of rotatable bonds is 12. The van der Waals surface area contributed by atoms with Crippen molar-refractivity contribution < 1.29 is 18.8 Å². The van der Waals surface area contributed by atoms with E-state index in [2.05, 4.69) is 25.4 Å². The summed E-state index contributed by atoms with van der Waals surface area (Å²) in [6.07, 6.45) is 7.15. The van der Waals surface area contributed by atoms with Gasteiger partial charge in [-0.15, -0.1) is 0 Å². The highest BCUT2D eigenvalue weighted by Crippen LogP contribution is 2.36. The number of nitrogens with one attached hydrogen (secondary N) is 1. The van der Waals surface area contributed by atoms with Crippen molar-refractivity contribution in [1.82, 2.24) is 5.32 Å². The molecule has 5 nitrogen and oxygen atoms in total. The standard InChI is InChI=1S/C14H30NO4PS/c1-14(2,21-4)10-9-13(16)15-11-7-5-6-8-12-19-20(3,17)18/h5-12H2,1-4H3,(H,15,16)(H,17,18). The predicted molar refractivity (Wildman–Crippen MR) is 90.0 cm³/mol. The van der Waals surface area contributed by atoms with Crippen LogP contribution < -0.4 is 5.32 Å². The number of thioether (sulfide) groups is 1. The second-order valence-electron chi connectivity index (χ2n) is 5.86. The molecule has 0 saturated carbocycles. The molecule has 0 fully saturated rings. The quantitative estimate of drug-likeness (QED) is 0.421. The molecule has 0 aliphatic heterocycles. The van der Waals surface area contributed by atoms with Gasteiger partial charge in [0, 0.05) is 24.4 Å². The molecule has 1 unspecified atom stereocenters. The number of amides is 1. The monoisotopic (exact) mass is 339 g/mol. The first-order valence-electron chi connectivity index (χ1n) is 7.43. The first-order valence-corrected chi connectivity index (χ1v) is 10.7. The van der Waals surface area contributed by atoms with E-state index < -0.39 is 7.60 Å². The maximum atomic E-state index is 11.7. The van der Waals surface area contributed by atoms with Gasteiger partial charge in [-0.2, -0.15) is 11.8 Å². The number of carbonyl (C=O) groups excluding carboxylic acids is 1. The van der Waals surface area contributed by atoms with Crippen LogP contribution in [0.2, 0.25) is 0 Å². The molecular weight excluding hydrogens is 309 g/mol. The molecule has 0 radical (unpaired) electrons. The van der Waals surface area contributed by atoms with Gasteiger partial charge in [0.05, 0.1) is 6.61 Å². The largest absolute Gasteiger partial charge is 0.356 e. The third-order valence-corrected chi connectivity index (χ3v) is 5.20. The van der Waals surface area contributed by atoms with Crippen LogP contribution in [-0.2, 0) is 13.9 Å². The molecule has 1 amide bonds. The van der Waals surface area contributed by atoms with Gasteiger partial charge in [-0.25, -0.2) is 0 Å². The van der Waals surface area contributed by atoms with Crippen LogP contribution in [0.15, 0.2) is 0 Å². The Morgan fingerprint density at radius 1 is 1.29 bits per heavy atom. The number of carbonyl (C=O) groups is 1. The third kappa shape index (κ3) is 14.7. The highest BCUT2D eigenvalue weighted by Gasteiger charge is 2.17. The lowest BCUT2D eigenvalue weighted by atomic mass is 10.1. The van der Waals surface area contributed by atoms with Gasteiger partial charge < -0.3 is 14.7 Å². The molecule has 2 N–H and O–H groups in total. The molecule has 1 atom stereocenters. The van der Waals surface area contributed by atoms with Crippen molar-refractivity contribution in [2.75, 3.05) is 26.1 Å². The fourth-order valence-electron chi connectivity index (χ4n) is 1.65. The van der Waals surface area contributed by atoms with Gasteiger partial charge in [0.25, 0.3) is 0 Å². The second kappa shape index (κ2) is 10.7. The molecule has 0 aliphatic carbocycles. The summed E-state index contributed by atoms with van der Waals surface area (Å²) in [7, 11) is -3.32. The Morgan fingerprint density at radius 3 is 2.48 bits per heavy atom. The fraction of sp³-hybridized carbons (Fsp3) is 0.929. The van der Waals surface area contributed by atoms with Crippen LogP contribution in [0.5, 0.6) is 0 Å². The van der Waals surface area contributed by atoms with Gasteiger partial charge in [0.1, 0.15) is 0 Å². The van der Waals surface area contributed by atoms with Crippen LogP contribution in [0.25, 0.3) is 0 Å². The second-order valence-corrected chi connectivity index (χ2v) is 9.24. The van der Waals surface area contributed by atoms with Crippen molar-refractivity contribution in [3.8, 4) is 0 Å². The maximum Gasteiger partial charge on any atom is 0.325 e. The van der Waals surface area contributed by atoms with Gasteiger partial charge in [0.15, 0.2) is 0 Å². The Kier molecular flexibility index (Phi) is 10.6. The molecule has 0 saturated heterocycles. The topological polar surface area (TPSA) is 75.6 Å². The summed E-state index contributed by atoms with van der Waals surface area (Å²) in [5.74, 6) is 0.118. The fourth-order valence-corrected chi connectivity index (χ4v) is 2.42. The van der Waals surface area contributed by atoms with Gasteiger partial charge >= 0.3 is 7.60 Å². The van der Waals surface area contributed by atoms with Crippen LogP contribution in [0.1, 0.15) is 52.4 Å². The molecule has 7 heteroatoms. The summed E-state index contributed by atoms with van der Waals surface area (Å²) >= 11 is 1.78. The van der Waals surface area contributed by atoms with E-state index in [9.17, 15) is 9.36 Å². The Labute approximate surface area is 133 Å². The van der Waals surface area contributed by atoms with E-state index in [1.165, 1.54) is 6.66 Å². The van der Waals surface area contributed by atoms with E-state index in [1.807, 2.05) is 0 Å². The summed E-state index contributed by atoms with van der Waals surface area (Å²) in [5, 5.41) is 2.93. The summed E-state index contributed by atoms with van der Waals surface area (Å²) in [6, 6.07) is 0. The average Bonchev–Trinajstić information content (AvgIpc) is 2.38. The smallest absolute Gasteiger partial charge is 0.325 e. The van der Waals surface area contributed by atoms with Crippen LogP contribution in [-0.4, -0.2) is 41.6 Å². The lowest BCUT2D eigenvalue weighted by Crippen LogP contribution is -2.26. The van der Waals surface area contributed by atoms with Crippen LogP contribution in [0.4, 0.5) is 0 Å². The molecule has 0 aromatic carbocycles. The van der Waals surface area contributed by atoms with Crippen molar-refractivity contribution in [2.45, 2.75) is 57.1 Å². The third-order valence-electron chi connectivity index (χ3n) is 3.23. The van der Waals surface area contributed by atoms with Crippen LogP contribution in [0, 0.1) is 0 Å². The molecular formula is C14H30NO4PS. The normalized spacial score (nSPS) is 14.7. The summed E-state index contributed by atoms with van der Waals surface area (Å²) < 4.78 is 15.8. The molecule has 0 aromatic heterocycles. The Hall–Kier alpha value is -0.0300. The first-order chi connectivity index (χ1) is 9.66. The van der Waals surface area contributed by atoms with E-state index in [-0.39, 0.29) is 10.7 Å². The molecule has 0 aromatic rings. The maximum absolute atomic E-state index is 11.7. The van der Waals surface area contributed by atoms with Gasteiger partial charge in [-0.1, -0.05) is 26.7 Å². The van der Waals surface area contributed by atoms with E-state index in [4.69, 9.17) is 9.42 Å². The average molecular weight is 339 g/mol. The van der Waals surface area contributed by atoms with E-state index in [0.29, 0.717) is 19.6 Å². The number of hydrogen-bond donors (Lipinski definition) is 2. The summed E-state index contributed by atoms with van der Waals surface area (Å²) in [4.78, 5) is 20.6. The number of hydrogen-bond acceptors (Lipinski definition) is 4. The summed E-state index contributed by atoms with van der Waals surface area (Å²) in [6.45, 7) is 6.51. The van der Waals surface area contributed by atoms with Gasteiger partial charge in [-0.05, 0) is 25.5 Å². The van der Waals surface area contributed by atoms with Crippen molar-refractivity contribution in [1.29, 1.82) is 0 Å². The highest BCUT2D eigenvalue weighted by molar-refractivity contribution is 7.99. The zero-order valence-electron chi connectivity index (χ0n) is 13.7. The SMILES string of the molecule is CSC(C)(C)CCC(=O)NCCCCCCOP(C)(=O)O. The van der Waals surface area contributed by atoms with Crippen LogP contribution in [0.3, 0.4) is 0 Å². The Bertz CT molecular complexity index is 344. The van der Waals surface area contributed by atoms with Gasteiger partial charge in [-0.3, -0.25) is 9.36 Å². The predicted octanol–water partition coefficient (Wildman–Crippen LogP) is 3.42. The molecule has 0 aliphatic rings. The minimum Gasteiger partial charge on any atom is -0.356 e. The van der Waals surface area contributed by atoms with E-state index in [1.54, 1.807) is 11.8 Å². The van der Waals surface area contributed by atoms with Crippen LogP contribution >= 0.6 is 19.4 Å². The van der Waals surface area contributed by atoms with E-state index in [0.717, 1.165) is 32.1 Å². The minimum atomic E-state index is -3.32. The zero-order chi connectivity index (χ0) is 16.4. The van der Waals surface area contributed by atoms with Crippen molar-refractivity contribution in [3.63, 3.8) is 0 Å². The van der Waals surface area contributed by atoms with E-state index >= 15 is 0 Å². The van der Waals surface area contributed by atoms with Crippen molar-refractivity contribution in [2.24, 2.45) is 0 Å². The lowest BCUT2D eigenvalue weighted by molar-refractivity contribution is -0.121. The molecule has 0 bridgehead atoms. The number of unbranched alkanes of at least 4 members (excludes halogenated alkanes) is 3. The summed E-state index contributed by atoms with van der Waals surface area (Å²) in [5.41, 5.74) is 0. The Balaban J connectivity index is 3.43. The molecule has 21 heavy (non-hydrogen) atoms. The first kappa shape index (κ1) is 21.0. The molecule has 0 heterocycles. The van der Waals surface area contributed by atoms with Gasteiger partial charge in [0.2, 0.25) is 5.91 Å². The Morgan fingerprint density at radius 2 is 1.90 bits per heavy atom.